The zero-order valence-corrected chi connectivity index (χ0v) is 7.88. The molecule has 0 aromatic heterocycles. The number of aliphatic hydroxyl groups is 1. The highest BCUT2D eigenvalue weighted by atomic mass is 16.5. The van der Waals surface area contributed by atoms with Gasteiger partial charge in [-0.05, 0) is 13.3 Å². The molecule has 12 heavy (non-hydrogen) atoms. The van der Waals surface area contributed by atoms with Gasteiger partial charge in [0.2, 0.25) is 0 Å². The SMILES string of the molecule is CCCC(O)CC(=O)COCC. The number of carbonyl (C=O) groups is 1. The van der Waals surface area contributed by atoms with Crippen LogP contribution < -0.4 is 0 Å². The van der Waals surface area contributed by atoms with Gasteiger partial charge in [0, 0.05) is 13.0 Å². The van der Waals surface area contributed by atoms with Crippen molar-refractivity contribution >= 4 is 5.78 Å². The molecule has 0 bridgehead atoms. The Bertz CT molecular complexity index is 123. The summed E-state index contributed by atoms with van der Waals surface area (Å²) in [6.45, 7) is 4.51. The lowest BCUT2D eigenvalue weighted by atomic mass is 10.1. The van der Waals surface area contributed by atoms with Gasteiger partial charge in [0.15, 0.2) is 5.78 Å². The van der Waals surface area contributed by atoms with Gasteiger partial charge in [-0.3, -0.25) is 4.79 Å². The van der Waals surface area contributed by atoms with Crippen molar-refractivity contribution in [3.63, 3.8) is 0 Å². The Morgan fingerprint density at radius 2 is 2.17 bits per heavy atom. The second-order valence-electron chi connectivity index (χ2n) is 2.82. The summed E-state index contributed by atoms with van der Waals surface area (Å²) >= 11 is 0. The minimum atomic E-state index is -0.483. The molecule has 0 heterocycles. The van der Waals surface area contributed by atoms with Crippen LogP contribution in [0.15, 0.2) is 0 Å². The summed E-state index contributed by atoms with van der Waals surface area (Å²) < 4.78 is 4.91. The van der Waals surface area contributed by atoms with Gasteiger partial charge in [0.25, 0.3) is 0 Å². The van der Waals surface area contributed by atoms with E-state index in [4.69, 9.17) is 4.74 Å². The topological polar surface area (TPSA) is 46.5 Å². The molecule has 0 spiro atoms. The minimum absolute atomic E-state index is 0.0159. The number of carbonyl (C=O) groups excluding carboxylic acids is 1. The van der Waals surface area contributed by atoms with Crippen molar-refractivity contribution in [1.82, 2.24) is 0 Å². The Kier molecular flexibility index (Phi) is 7.00. The predicted octanol–water partition coefficient (Wildman–Crippen LogP) is 1.14. The number of ether oxygens (including phenoxy) is 1. The Balaban J connectivity index is 3.40. The quantitative estimate of drug-likeness (QED) is 0.629. The summed E-state index contributed by atoms with van der Waals surface area (Å²) in [5.74, 6) is -0.0159. The van der Waals surface area contributed by atoms with Gasteiger partial charge in [-0.25, -0.2) is 0 Å². The van der Waals surface area contributed by atoms with Gasteiger partial charge in [-0.1, -0.05) is 13.3 Å². The summed E-state index contributed by atoms with van der Waals surface area (Å²) in [7, 11) is 0. The van der Waals surface area contributed by atoms with E-state index in [9.17, 15) is 9.90 Å². The number of aliphatic hydroxyl groups excluding tert-OH is 1. The number of hydrogen-bond acceptors (Lipinski definition) is 3. The first-order chi connectivity index (χ1) is 5.70. The predicted molar refractivity (Wildman–Crippen MR) is 47.0 cm³/mol. The van der Waals surface area contributed by atoms with Crippen molar-refractivity contribution in [3.05, 3.63) is 0 Å². The van der Waals surface area contributed by atoms with E-state index in [1.807, 2.05) is 13.8 Å². The summed E-state index contributed by atoms with van der Waals surface area (Å²) in [6, 6.07) is 0. The number of hydrogen-bond donors (Lipinski definition) is 1. The summed E-state index contributed by atoms with van der Waals surface area (Å²) in [6.07, 6.45) is 1.34. The zero-order valence-electron chi connectivity index (χ0n) is 7.88. The first kappa shape index (κ1) is 11.6. The van der Waals surface area contributed by atoms with Gasteiger partial charge >= 0.3 is 0 Å². The van der Waals surface area contributed by atoms with Crippen LogP contribution in [0.3, 0.4) is 0 Å². The minimum Gasteiger partial charge on any atom is -0.393 e. The highest BCUT2D eigenvalue weighted by Crippen LogP contribution is 2.01. The maximum Gasteiger partial charge on any atom is 0.161 e. The molecule has 72 valence electrons. The molecule has 1 atom stereocenters. The van der Waals surface area contributed by atoms with Gasteiger partial charge in [-0.15, -0.1) is 0 Å². The maximum absolute atomic E-state index is 11.0. The standard InChI is InChI=1S/C9H18O3/c1-3-5-8(10)6-9(11)7-12-4-2/h8,10H,3-7H2,1-2H3. The van der Waals surface area contributed by atoms with Crippen LogP contribution in [0.4, 0.5) is 0 Å². The van der Waals surface area contributed by atoms with Crippen LogP contribution in [0.2, 0.25) is 0 Å². The van der Waals surface area contributed by atoms with Crippen molar-refractivity contribution < 1.29 is 14.6 Å². The van der Waals surface area contributed by atoms with Crippen LogP contribution in [0.1, 0.15) is 33.1 Å². The molecule has 3 nitrogen and oxygen atoms in total. The van der Waals surface area contributed by atoms with E-state index in [0.29, 0.717) is 13.0 Å². The lowest BCUT2D eigenvalue weighted by Crippen LogP contribution is -2.17. The van der Waals surface area contributed by atoms with E-state index < -0.39 is 6.10 Å². The number of Topliss-reactive ketones (excluding diaryl/α,β-unsaturated/α-hetero) is 1. The average Bonchev–Trinajstić information content (AvgIpc) is 2.01. The van der Waals surface area contributed by atoms with Gasteiger partial charge in [-0.2, -0.15) is 0 Å². The Morgan fingerprint density at radius 3 is 2.67 bits per heavy atom. The molecule has 0 radical (unpaired) electrons. The van der Waals surface area contributed by atoms with Crippen molar-refractivity contribution in [1.29, 1.82) is 0 Å². The van der Waals surface area contributed by atoms with E-state index in [1.54, 1.807) is 0 Å². The molecule has 0 aliphatic carbocycles. The van der Waals surface area contributed by atoms with Crippen LogP contribution in [-0.4, -0.2) is 30.2 Å². The van der Waals surface area contributed by atoms with Crippen LogP contribution in [-0.2, 0) is 9.53 Å². The lowest BCUT2D eigenvalue weighted by molar-refractivity contribution is -0.125. The van der Waals surface area contributed by atoms with Gasteiger partial charge < -0.3 is 9.84 Å². The summed E-state index contributed by atoms with van der Waals surface area (Å²) in [5, 5.41) is 9.24. The molecule has 1 N–H and O–H groups in total. The van der Waals surface area contributed by atoms with Gasteiger partial charge in [0.1, 0.15) is 6.61 Å². The van der Waals surface area contributed by atoms with E-state index in [1.165, 1.54) is 0 Å². The van der Waals surface area contributed by atoms with E-state index in [-0.39, 0.29) is 18.8 Å². The summed E-state index contributed by atoms with van der Waals surface area (Å²) in [4.78, 5) is 11.0. The molecule has 0 saturated carbocycles. The van der Waals surface area contributed by atoms with Crippen LogP contribution in [0.5, 0.6) is 0 Å². The zero-order chi connectivity index (χ0) is 9.40. The first-order valence-corrected chi connectivity index (χ1v) is 4.48. The van der Waals surface area contributed by atoms with Crippen molar-refractivity contribution in [3.8, 4) is 0 Å². The second kappa shape index (κ2) is 7.25. The molecule has 0 aliphatic heterocycles. The Hall–Kier alpha value is -0.410. The molecular formula is C9H18O3. The van der Waals surface area contributed by atoms with Crippen molar-refractivity contribution in [2.24, 2.45) is 0 Å². The largest absolute Gasteiger partial charge is 0.393 e. The normalized spacial score (nSPS) is 12.9. The number of rotatable bonds is 7. The second-order valence-corrected chi connectivity index (χ2v) is 2.82. The fourth-order valence-corrected chi connectivity index (χ4v) is 0.973. The maximum atomic E-state index is 11.0. The van der Waals surface area contributed by atoms with E-state index in [0.717, 1.165) is 6.42 Å². The molecule has 0 aromatic carbocycles. The van der Waals surface area contributed by atoms with E-state index >= 15 is 0 Å². The Morgan fingerprint density at radius 1 is 1.50 bits per heavy atom. The third-order valence-electron chi connectivity index (χ3n) is 1.55. The molecule has 0 aromatic rings. The first-order valence-electron chi connectivity index (χ1n) is 4.48. The third kappa shape index (κ3) is 6.31. The van der Waals surface area contributed by atoms with Crippen molar-refractivity contribution in [2.75, 3.05) is 13.2 Å². The van der Waals surface area contributed by atoms with Crippen LogP contribution in [0.25, 0.3) is 0 Å². The average molecular weight is 174 g/mol. The molecule has 3 heteroatoms. The molecule has 1 unspecified atom stereocenters. The molecule has 0 fully saturated rings. The van der Waals surface area contributed by atoms with Crippen LogP contribution >= 0.6 is 0 Å². The van der Waals surface area contributed by atoms with E-state index in [2.05, 4.69) is 0 Å². The third-order valence-corrected chi connectivity index (χ3v) is 1.55. The lowest BCUT2D eigenvalue weighted by Gasteiger charge is -2.07. The molecular weight excluding hydrogens is 156 g/mol. The number of ketones is 1. The Labute approximate surface area is 73.7 Å². The smallest absolute Gasteiger partial charge is 0.161 e. The monoisotopic (exact) mass is 174 g/mol. The highest BCUT2D eigenvalue weighted by molar-refractivity contribution is 5.80. The molecule has 0 aliphatic rings. The summed E-state index contributed by atoms with van der Waals surface area (Å²) in [5.41, 5.74) is 0. The van der Waals surface area contributed by atoms with Crippen LogP contribution in [0, 0.1) is 0 Å². The molecule has 0 amide bonds. The van der Waals surface area contributed by atoms with Gasteiger partial charge in [0.05, 0.1) is 6.10 Å². The fraction of sp³-hybridized carbons (Fsp3) is 0.889. The molecule has 0 saturated heterocycles. The highest BCUT2D eigenvalue weighted by Gasteiger charge is 2.09. The van der Waals surface area contributed by atoms with Crippen molar-refractivity contribution in [2.45, 2.75) is 39.2 Å². The fourth-order valence-electron chi connectivity index (χ4n) is 0.973. The molecule has 0 rings (SSSR count).